The first kappa shape index (κ1) is 9.60. The van der Waals surface area contributed by atoms with E-state index in [1.807, 2.05) is 18.2 Å². The molecule has 3 heteroatoms. The van der Waals surface area contributed by atoms with Crippen LogP contribution < -0.4 is 9.47 Å². The molecule has 15 heavy (non-hydrogen) atoms. The van der Waals surface area contributed by atoms with Crippen LogP contribution in [0.1, 0.15) is 6.92 Å². The predicted molar refractivity (Wildman–Crippen MR) is 55.7 cm³/mol. The summed E-state index contributed by atoms with van der Waals surface area (Å²) in [6.45, 7) is 5.72. The van der Waals surface area contributed by atoms with E-state index < -0.39 is 5.60 Å². The van der Waals surface area contributed by atoms with Gasteiger partial charge in [0.25, 0.3) is 0 Å². The molecule has 0 N–H and O–H groups in total. The number of rotatable bonds is 1. The van der Waals surface area contributed by atoms with E-state index in [4.69, 9.17) is 14.7 Å². The number of fused-ring (bicyclic) bond motifs is 1. The maximum absolute atomic E-state index is 9.12. The lowest BCUT2D eigenvalue weighted by Crippen LogP contribution is -2.44. The maximum Gasteiger partial charge on any atom is 0.248 e. The molecule has 0 saturated carbocycles. The SMILES string of the molecule is C=C(C)C1(C#N)COc2ccccc2O1. The van der Waals surface area contributed by atoms with Gasteiger partial charge in [0.15, 0.2) is 11.5 Å². The first-order chi connectivity index (χ1) is 7.18. The van der Waals surface area contributed by atoms with E-state index in [0.717, 1.165) is 0 Å². The van der Waals surface area contributed by atoms with Gasteiger partial charge in [-0.3, -0.25) is 0 Å². The van der Waals surface area contributed by atoms with Crippen molar-refractivity contribution in [2.75, 3.05) is 6.61 Å². The number of nitriles is 1. The number of hydrogen-bond donors (Lipinski definition) is 0. The zero-order valence-corrected chi connectivity index (χ0v) is 8.49. The van der Waals surface area contributed by atoms with Crippen LogP contribution in [0.3, 0.4) is 0 Å². The van der Waals surface area contributed by atoms with Crippen LogP contribution in [0.25, 0.3) is 0 Å². The molecule has 1 unspecified atom stereocenters. The largest absolute Gasteiger partial charge is 0.484 e. The Morgan fingerprint density at radius 1 is 1.47 bits per heavy atom. The van der Waals surface area contributed by atoms with Gasteiger partial charge >= 0.3 is 0 Å². The van der Waals surface area contributed by atoms with E-state index in [-0.39, 0.29) is 6.61 Å². The number of hydrogen-bond acceptors (Lipinski definition) is 3. The van der Waals surface area contributed by atoms with Crippen molar-refractivity contribution in [2.45, 2.75) is 12.5 Å². The molecule has 1 heterocycles. The molecule has 2 rings (SSSR count). The van der Waals surface area contributed by atoms with Gasteiger partial charge in [0.05, 0.1) is 0 Å². The number of benzene rings is 1. The molecule has 1 atom stereocenters. The third kappa shape index (κ3) is 1.44. The molecule has 76 valence electrons. The smallest absolute Gasteiger partial charge is 0.248 e. The average Bonchev–Trinajstić information content (AvgIpc) is 2.28. The Hall–Kier alpha value is -1.95. The molecule has 1 aromatic carbocycles. The standard InChI is InChI=1S/C12H11NO2/c1-9(2)12(7-13)8-14-10-5-3-4-6-11(10)15-12/h3-6H,1,8H2,2H3. The van der Waals surface area contributed by atoms with Crippen molar-refractivity contribution >= 4 is 0 Å². The number of para-hydroxylation sites is 2. The highest BCUT2D eigenvalue weighted by Gasteiger charge is 2.39. The van der Waals surface area contributed by atoms with Gasteiger partial charge in [0.2, 0.25) is 5.60 Å². The average molecular weight is 201 g/mol. The second kappa shape index (κ2) is 3.32. The predicted octanol–water partition coefficient (Wildman–Crippen LogP) is 2.30. The molecule has 1 aliphatic rings. The number of nitrogens with zero attached hydrogens (tertiary/aromatic N) is 1. The molecule has 1 aromatic rings. The Bertz CT molecular complexity index is 447. The lowest BCUT2D eigenvalue weighted by Gasteiger charge is -2.33. The molecule has 0 radical (unpaired) electrons. The van der Waals surface area contributed by atoms with Gasteiger partial charge in [0.1, 0.15) is 12.7 Å². The topological polar surface area (TPSA) is 42.2 Å². The van der Waals surface area contributed by atoms with Crippen LogP contribution in [0.4, 0.5) is 0 Å². The Morgan fingerprint density at radius 2 is 2.13 bits per heavy atom. The Kier molecular flexibility index (Phi) is 2.12. The summed E-state index contributed by atoms with van der Waals surface area (Å²) in [6, 6.07) is 9.41. The van der Waals surface area contributed by atoms with Gasteiger partial charge in [-0.05, 0) is 24.6 Å². The third-order valence-corrected chi connectivity index (χ3v) is 2.43. The van der Waals surface area contributed by atoms with E-state index in [0.29, 0.717) is 17.1 Å². The summed E-state index contributed by atoms with van der Waals surface area (Å²) in [4.78, 5) is 0. The monoisotopic (exact) mass is 201 g/mol. The van der Waals surface area contributed by atoms with Crippen LogP contribution in [-0.4, -0.2) is 12.2 Å². The van der Waals surface area contributed by atoms with Gasteiger partial charge in [-0.25, -0.2) is 0 Å². The normalized spacial score (nSPS) is 22.9. The van der Waals surface area contributed by atoms with Crippen LogP contribution >= 0.6 is 0 Å². The first-order valence-electron chi connectivity index (χ1n) is 4.66. The Morgan fingerprint density at radius 3 is 2.73 bits per heavy atom. The molecular formula is C12H11NO2. The summed E-state index contributed by atoms with van der Waals surface area (Å²) in [5, 5.41) is 9.12. The maximum atomic E-state index is 9.12. The fourth-order valence-corrected chi connectivity index (χ4v) is 1.41. The fourth-order valence-electron chi connectivity index (χ4n) is 1.41. The molecule has 1 aliphatic heterocycles. The van der Waals surface area contributed by atoms with E-state index in [2.05, 4.69) is 12.6 Å². The zero-order chi connectivity index (χ0) is 10.9. The lowest BCUT2D eigenvalue weighted by atomic mass is 9.98. The molecule has 0 aromatic heterocycles. The fraction of sp³-hybridized carbons (Fsp3) is 0.250. The minimum absolute atomic E-state index is 0.190. The van der Waals surface area contributed by atoms with E-state index in [1.165, 1.54) is 0 Å². The van der Waals surface area contributed by atoms with Crippen LogP contribution in [-0.2, 0) is 0 Å². The summed E-state index contributed by atoms with van der Waals surface area (Å²) < 4.78 is 11.1. The van der Waals surface area contributed by atoms with Crippen LogP contribution in [0, 0.1) is 11.3 Å². The highest BCUT2D eigenvalue weighted by atomic mass is 16.6. The van der Waals surface area contributed by atoms with Crippen molar-refractivity contribution in [1.29, 1.82) is 5.26 Å². The summed E-state index contributed by atoms with van der Waals surface area (Å²) in [5.74, 6) is 1.26. The second-order valence-corrected chi connectivity index (χ2v) is 3.56. The van der Waals surface area contributed by atoms with E-state index in [9.17, 15) is 0 Å². The van der Waals surface area contributed by atoms with Crippen LogP contribution in [0.2, 0.25) is 0 Å². The van der Waals surface area contributed by atoms with Crippen molar-refractivity contribution in [1.82, 2.24) is 0 Å². The quantitative estimate of drug-likeness (QED) is 0.655. The van der Waals surface area contributed by atoms with Crippen molar-refractivity contribution in [3.8, 4) is 17.6 Å². The molecular weight excluding hydrogens is 190 g/mol. The van der Waals surface area contributed by atoms with Gasteiger partial charge in [-0.1, -0.05) is 18.7 Å². The van der Waals surface area contributed by atoms with E-state index >= 15 is 0 Å². The minimum atomic E-state index is -1.05. The third-order valence-electron chi connectivity index (χ3n) is 2.43. The van der Waals surface area contributed by atoms with Crippen molar-refractivity contribution in [3.63, 3.8) is 0 Å². The van der Waals surface area contributed by atoms with Gasteiger partial charge in [-0.2, -0.15) is 5.26 Å². The van der Waals surface area contributed by atoms with Crippen molar-refractivity contribution in [3.05, 3.63) is 36.4 Å². The second-order valence-electron chi connectivity index (χ2n) is 3.56. The summed E-state index contributed by atoms with van der Waals surface area (Å²) in [5.41, 5.74) is -0.395. The molecule has 0 fully saturated rings. The highest BCUT2D eigenvalue weighted by Crippen LogP contribution is 2.36. The molecule has 3 nitrogen and oxygen atoms in total. The van der Waals surface area contributed by atoms with Crippen LogP contribution in [0.15, 0.2) is 36.4 Å². The molecule has 0 aliphatic carbocycles. The molecule has 0 saturated heterocycles. The Labute approximate surface area is 88.5 Å². The van der Waals surface area contributed by atoms with Gasteiger partial charge in [0, 0.05) is 0 Å². The lowest BCUT2D eigenvalue weighted by molar-refractivity contribution is 0.0637. The summed E-state index contributed by atoms with van der Waals surface area (Å²) in [6.07, 6.45) is 0. The van der Waals surface area contributed by atoms with Crippen LogP contribution in [0.5, 0.6) is 11.5 Å². The first-order valence-corrected chi connectivity index (χ1v) is 4.66. The molecule has 0 amide bonds. The zero-order valence-electron chi connectivity index (χ0n) is 8.49. The van der Waals surface area contributed by atoms with Crippen molar-refractivity contribution in [2.24, 2.45) is 0 Å². The van der Waals surface area contributed by atoms with Gasteiger partial charge in [-0.15, -0.1) is 0 Å². The molecule has 0 bridgehead atoms. The van der Waals surface area contributed by atoms with E-state index in [1.54, 1.807) is 13.0 Å². The highest BCUT2D eigenvalue weighted by molar-refractivity contribution is 5.44. The number of ether oxygens (including phenoxy) is 2. The van der Waals surface area contributed by atoms with Gasteiger partial charge < -0.3 is 9.47 Å². The molecule has 0 spiro atoms. The van der Waals surface area contributed by atoms with Crippen molar-refractivity contribution < 1.29 is 9.47 Å². The summed E-state index contributed by atoms with van der Waals surface area (Å²) in [7, 11) is 0. The minimum Gasteiger partial charge on any atom is -0.484 e. The Balaban J connectivity index is 2.40. The summed E-state index contributed by atoms with van der Waals surface area (Å²) >= 11 is 0.